The van der Waals surface area contributed by atoms with Gasteiger partial charge in [-0.25, -0.2) is 26.3 Å². The molecule has 1 unspecified atom stereocenters. The topological polar surface area (TPSA) is 86.7 Å². The van der Waals surface area contributed by atoms with Crippen LogP contribution in [0.4, 0.5) is 13.2 Å². The number of hydrogen-bond donors (Lipinski definition) is 2. The van der Waals surface area contributed by atoms with Crippen LogP contribution in [0.3, 0.4) is 0 Å². The first-order chi connectivity index (χ1) is 14.7. The number of benzene rings is 1. The van der Waals surface area contributed by atoms with Crippen molar-refractivity contribution in [2.45, 2.75) is 50.0 Å². The van der Waals surface area contributed by atoms with Gasteiger partial charge in [-0.1, -0.05) is 48.6 Å². The van der Waals surface area contributed by atoms with Gasteiger partial charge in [0.15, 0.2) is 0 Å². The van der Waals surface area contributed by atoms with Gasteiger partial charge in [-0.3, -0.25) is 4.79 Å². The number of sulfonamides is 1. The van der Waals surface area contributed by atoms with Gasteiger partial charge in [-0.2, -0.15) is 0 Å². The van der Waals surface area contributed by atoms with Crippen molar-refractivity contribution in [1.29, 1.82) is 0 Å². The van der Waals surface area contributed by atoms with Crippen LogP contribution in [-0.2, 0) is 14.8 Å². The number of halogens is 3. The van der Waals surface area contributed by atoms with Crippen LogP contribution in [-0.4, -0.2) is 66.9 Å². The number of carbonyl (C=O) groups excluding carboxylic acids is 1. The van der Waals surface area contributed by atoms with Gasteiger partial charge < -0.3 is 10.0 Å². The van der Waals surface area contributed by atoms with Crippen LogP contribution in [0.5, 0.6) is 0 Å². The lowest BCUT2D eigenvalue weighted by molar-refractivity contribution is -0.149. The third-order valence-corrected chi connectivity index (χ3v) is 6.42. The molecule has 3 rings (SSSR count). The Labute approximate surface area is 185 Å². The van der Waals surface area contributed by atoms with Crippen LogP contribution in [0.1, 0.15) is 25.8 Å². The number of alkyl halides is 3. The first-order valence-electron chi connectivity index (χ1n) is 10.2. The Morgan fingerprint density at radius 1 is 1.28 bits per heavy atom. The second-order valence-electron chi connectivity index (χ2n) is 8.81. The summed E-state index contributed by atoms with van der Waals surface area (Å²) in [6, 6.07) is 5.48. The standard InChI is InChI=1S/C22H27F3N2O4S/c1-21(2,29)20(28)27-13-17(23)19(26-32(3,30)31)18(27)12-15-10-7-11-16(22(15,24)25)14-8-5-4-6-9-14/h4-11,15,17-19,26,29H,12-13H2,1-3H3/t15?,17-,18-,19-/m0/s1. The molecular weight excluding hydrogens is 445 g/mol. The number of carbonyl (C=O) groups is 1. The van der Waals surface area contributed by atoms with E-state index < -0.39 is 64.6 Å². The number of likely N-dealkylation sites (tertiary alicyclic amines) is 1. The summed E-state index contributed by atoms with van der Waals surface area (Å²) in [5.41, 5.74) is -1.76. The van der Waals surface area contributed by atoms with Gasteiger partial charge in [0.25, 0.3) is 11.8 Å². The molecule has 0 radical (unpaired) electrons. The van der Waals surface area contributed by atoms with Crippen molar-refractivity contribution in [2.24, 2.45) is 5.92 Å². The van der Waals surface area contributed by atoms with Gasteiger partial charge >= 0.3 is 0 Å². The van der Waals surface area contributed by atoms with Crippen molar-refractivity contribution >= 4 is 21.5 Å². The van der Waals surface area contributed by atoms with E-state index in [2.05, 4.69) is 4.72 Å². The van der Waals surface area contributed by atoms with Crippen LogP contribution in [0.15, 0.2) is 48.6 Å². The molecule has 32 heavy (non-hydrogen) atoms. The average molecular weight is 473 g/mol. The lowest BCUT2D eigenvalue weighted by atomic mass is 9.81. The Balaban J connectivity index is 1.95. The number of allylic oxidation sites excluding steroid dienone is 4. The van der Waals surface area contributed by atoms with Gasteiger partial charge in [0.1, 0.15) is 11.8 Å². The molecule has 0 aromatic heterocycles. The van der Waals surface area contributed by atoms with Crippen molar-refractivity contribution in [3.8, 4) is 0 Å². The van der Waals surface area contributed by atoms with Crippen LogP contribution < -0.4 is 4.72 Å². The zero-order valence-corrected chi connectivity index (χ0v) is 18.8. The molecule has 1 saturated heterocycles. The zero-order chi connectivity index (χ0) is 23.9. The predicted molar refractivity (Wildman–Crippen MR) is 115 cm³/mol. The Morgan fingerprint density at radius 3 is 2.47 bits per heavy atom. The largest absolute Gasteiger partial charge is 0.381 e. The Kier molecular flexibility index (Phi) is 6.61. The summed E-state index contributed by atoms with van der Waals surface area (Å²) in [5, 5.41) is 10.1. The molecule has 176 valence electrons. The molecule has 2 N–H and O–H groups in total. The maximum Gasteiger partial charge on any atom is 0.280 e. The van der Waals surface area contributed by atoms with Crippen LogP contribution in [0.25, 0.3) is 5.57 Å². The first kappa shape index (κ1) is 24.5. The molecular formula is C22H27F3N2O4S. The van der Waals surface area contributed by atoms with E-state index in [4.69, 9.17) is 0 Å². The van der Waals surface area contributed by atoms with Crippen molar-refractivity contribution in [3.63, 3.8) is 0 Å². The summed E-state index contributed by atoms with van der Waals surface area (Å²) in [6.45, 7) is 1.91. The van der Waals surface area contributed by atoms with Crippen molar-refractivity contribution in [1.82, 2.24) is 9.62 Å². The molecule has 1 heterocycles. The van der Waals surface area contributed by atoms with Crippen LogP contribution in [0.2, 0.25) is 0 Å². The van der Waals surface area contributed by atoms with E-state index in [0.717, 1.165) is 11.2 Å². The third-order valence-electron chi connectivity index (χ3n) is 5.72. The molecule has 4 atom stereocenters. The van der Waals surface area contributed by atoms with Crippen molar-refractivity contribution < 1.29 is 31.5 Å². The van der Waals surface area contributed by atoms with Gasteiger partial charge in [-0.05, 0) is 25.8 Å². The van der Waals surface area contributed by atoms with E-state index in [-0.39, 0.29) is 5.57 Å². The molecule has 1 amide bonds. The fourth-order valence-electron chi connectivity index (χ4n) is 4.24. The minimum Gasteiger partial charge on any atom is -0.381 e. The monoisotopic (exact) mass is 472 g/mol. The quantitative estimate of drug-likeness (QED) is 0.666. The highest BCUT2D eigenvalue weighted by atomic mass is 32.2. The van der Waals surface area contributed by atoms with Crippen LogP contribution >= 0.6 is 0 Å². The van der Waals surface area contributed by atoms with Gasteiger partial charge in [0.2, 0.25) is 10.0 Å². The summed E-state index contributed by atoms with van der Waals surface area (Å²) >= 11 is 0. The minimum atomic E-state index is -3.89. The fourth-order valence-corrected chi connectivity index (χ4v) is 5.04. The third kappa shape index (κ3) is 5.07. The molecule has 1 aliphatic heterocycles. The lowest BCUT2D eigenvalue weighted by Gasteiger charge is -2.36. The maximum absolute atomic E-state index is 15.5. The zero-order valence-electron chi connectivity index (χ0n) is 18.0. The predicted octanol–water partition coefficient (Wildman–Crippen LogP) is 2.52. The average Bonchev–Trinajstić information content (AvgIpc) is 2.96. The smallest absolute Gasteiger partial charge is 0.280 e. The summed E-state index contributed by atoms with van der Waals surface area (Å²) in [6.07, 6.45) is 2.69. The Bertz CT molecular complexity index is 1020. The lowest BCUT2D eigenvalue weighted by Crippen LogP contribution is -2.53. The molecule has 0 bridgehead atoms. The first-order valence-corrected chi connectivity index (χ1v) is 12.1. The molecule has 2 aliphatic rings. The fraction of sp³-hybridized carbons (Fsp3) is 0.500. The second-order valence-corrected chi connectivity index (χ2v) is 10.6. The Morgan fingerprint density at radius 2 is 1.91 bits per heavy atom. The highest BCUT2D eigenvalue weighted by Crippen LogP contribution is 2.45. The summed E-state index contributed by atoms with van der Waals surface area (Å²) in [5.74, 6) is -5.62. The van der Waals surface area contributed by atoms with Crippen molar-refractivity contribution in [3.05, 3.63) is 54.1 Å². The number of rotatable bonds is 6. The van der Waals surface area contributed by atoms with E-state index in [9.17, 15) is 22.7 Å². The molecule has 10 heteroatoms. The van der Waals surface area contributed by atoms with E-state index >= 15 is 8.78 Å². The van der Waals surface area contributed by atoms with Crippen LogP contribution in [0, 0.1) is 5.92 Å². The minimum absolute atomic E-state index is 0.214. The van der Waals surface area contributed by atoms with Gasteiger partial charge in [-0.15, -0.1) is 0 Å². The Hall–Kier alpha value is -2.17. The normalized spacial score (nSPS) is 28.0. The molecule has 0 spiro atoms. The van der Waals surface area contributed by atoms with Crippen molar-refractivity contribution in [2.75, 3.05) is 12.8 Å². The molecule has 1 aromatic rings. The second kappa shape index (κ2) is 8.64. The van der Waals surface area contributed by atoms with Gasteiger partial charge in [0, 0.05) is 11.5 Å². The van der Waals surface area contributed by atoms with E-state index in [0.29, 0.717) is 5.56 Å². The molecule has 0 saturated carbocycles. The number of amides is 1. The molecule has 6 nitrogen and oxygen atoms in total. The van der Waals surface area contributed by atoms with E-state index in [1.54, 1.807) is 30.3 Å². The molecule has 1 fully saturated rings. The SMILES string of the molecule is CC(C)(O)C(=O)N1C[C@H](F)[C@H](NS(C)(=O)=O)[C@@H]1CC1C=CC=C(c2ccccc2)C1(F)F. The number of hydrogen-bond acceptors (Lipinski definition) is 4. The summed E-state index contributed by atoms with van der Waals surface area (Å²) < 4.78 is 71.6. The number of nitrogens with zero attached hydrogens (tertiary/aromatic N) is 1. The van der Waals surface area contributed by atoms with E-state index in [1.165, 1.54) is 32.1 Å². The maximum atomic E-state index is 15.5. The molecule has 1 aromatic carbocycles. The number of aliphatic hydroxyl groups is 1. The molecule has 1 aliphatic carbocycles. The number of nitrogens with one attached hydrogen (secondary N) is 1. The summed E-state index contributed by atoms with van der Waals surface area (Å²) in [4.78, 5) is 13.7. The van der Waals surface area contributed by atoms with Gasteiger partial charge in [0.05, 0.1) is 24.9 Å². The highest BCUT2D eigenvalue weighted by molar-refractivity contribution is 7.88. The van der Waals surface area contributed by atoms with E-state index in [1.807, 2.05) is 0 Å². The summed E-state index contributed by atoms with van der Waals surface area (Å²) in [7, 11) is -3.89. The highest BCUT2D eigenvalue weighted by Gasteiger charge is 2.52.